The minimum absolute atomic E-state index is 0.119. The number of methoxy groups -OCH3 is 1. The van der Waals surface area contributed by atoms with Gasteiger partial charge in [-0.05, 0) is 11.5 Å². The van der Waals surface area contributed by atoms with Gasteiger partial charge in [0.2, 0.25) is 0 Å². The van der Waals surface area contributed by atoms with E-state index < -0.39 is 5.97 Å². The molecule has 0 bridgehead atoms. The number of hydrogen-bond acceptors (Lipinski definition) is 7. The minimum Gasteiger partial charge on any atom is -0.464 e. The van der Waals surface area contributed by atoms with Gasteiger partial charge in [0.1, 0.15) is 18.2 Å². The number of ether oxygens (including phenoxy) is 3. The maximum Gasteiger partial charge on any atom is 0.360 e. The van der Waals surface area contributed by atoms with Crippen molar-refractivity contribution >= 4 is 28.5 Å². The highest BCUT2D eigenvalue weighted by atomic mass is 16.6. The Kier molecular flexibility index (Phi) is 5.00. The number of carbonyl (C=O) groups is 2. The summed E-state index contributed by atoms with van der Waals surface area (Å²) < 4.78 is 18.0. The molecule has 4 atom stereocenters. The van der Waals surface area contributed by atoms with Gasteiger partial charge in [0.05, 0.1) is 38.2 Å². The lowest BCUT2D eigenvalue weighted by molar-refractivity contribution is 0.0592. The highest BCUT2D eigenvalue weighted by Crippen LogP contribution is 2.34. The second-order valence-corrected chi connectivity index (χ2v) is 7.47. The molecule has 2 N–H and O–H groups in total. The Bertz CT molecular complexity index is 1130. The number of nitrogens with zero attached hydrogens (tertiary/aromatic N) is 3. The molecule has 0 aliphatic carbocycles. The first-order valence-corrected chi connectivity index (χ1v) is 9.92. The molecule has 1 aromatic heterocycles. The van der Waals surface area contributed by atoms with E-state index >= 15 is 0 Å². The molecule has 31 heavy (non-hydrogen) atoms. The lowest BCUT2D eigenvalue weighted by atomic mass is 10.1. The molecule has 2 aromatic carbocycles. The molecule has 2 amide bonds. The number of nitrogens with one attached hydrogen (secondary N) is 2. The third-order valence-electron chi connectivity index (χ3n) is 5.63. The van der Waals surface area contributed by atoms with E-state index in [1.165, 1.54) is 13.3 Å². The average molecular weight is 423 g/mol. The number of hydrogen-bond donors (Lipinski definition) is 2. The standard InChI is InChI=1S/C21H21N5O5/c1-29-20(27)15-9-26(25-24-15)17-11-31-18-16(10-30-19(17)18)23-21(28)22-14-8-4-6-12-5-2-3-7-13(12)14/h2-9,16-19H,10-11H2,1H3,(H2,22,23,28)/t16-,17-,18+,19+/m0/s1. The van der Waals surface area contributed by atoms with Gasteiger partial charge in [-0.3, -0.25) is 0 Å². The predicted octanol–water partition coefficient (Wildman–Crippen LogP) is 1.75. The van der Waals surface area contributed by atoms with Crippen molar-refractivity contribution in [3.63, 3.8) is 0 Å². The van der Waals surface area contributed by atoms with E-state index in [-0.39, 0.29) is 36.0 Å². The Labute approximate surface area is 177 Å². The van der Waals surface area contributed by atoms with Gasteiger partial charge in [0.25, 0.3) is 0 Å². The summed E-state index contributed by atoms with van der Waals surface area (Å²) in [5.74, 6) is -0.557. The Hall–Kier alpha value is -3.50. The Morgan fingerprint density at radius 1 is 1.10 bits per heavy atom. The van der Waals surface area contributed by atoms with Crippen molar-refractivity contribution in [1.29, 1.82) is 0 Å². The lowest BCUT2D eigenvalue weighted by Crippen LogP contribution is -2.45. The molecule has 0 unspecified atom stereocenters. The Balaban J connectivity index is 1.24. The molecule has 160 valence electrons. The minimum atomic E-state index is -0.557. The number of aromatic nitrogens is 3. The van der Waals surface area contributed by atoms with E-state index in [1.807, 2.05) is 42.5 Å². The molecule has 2 fully saturated rings. The fraction of sp³-hybridized carbons (Fsp3) is 0.333. The summed E-state index contributed by atoms with van der Waals surface area (Å²) in [5, 5.41) is 15.7. The van der Waals surface area contributed by atoms with Crippen LogP contribution in [-0.2, 0) is 14.2 Å². The van der Waals surface area contributed by atoms with Gasteiger partial charge in [0, 0.05) is 5.39 Å². The normalized spacial score (nSPS) is 24.7. The van der Waals surface area contributed by atoms with E-state index in [1.54, 1.807) is 4.68 Å². The molecule has 2 saturated heterocycles. The van der Waals surface area contributed by atoms with E-state index in [2.05, 4.69) is 25.7 Å². The van der Waals surface area contributed by atoms with Crippen LogP contribution in [0, 0.1) is 0 Å². The summed E-state index contributed by atoms with van der Waals surface area (Å²) in [4.78, 5) is 24.3. The number of fused-ring (bicyclic) bond motifs is 2. The van der Waals surface area contributed by atoms with Crippen LogP contribution in [0.4, 0.5) is 10.5 Å². The van der Waals surface area contributed by atoms with E-state index in [0.717, 1.165) is 16.5 Å². The Morgan fingerprint density at radius 2 is 1.90 bits per heavy atom. The molecule has 3 heterocycles. The van der Waals surface area contributed by atoms with Crippen LogP contribution in [0.5, 0.6) is 0 Å². The zero-order chi connectivity index (χ0) is 21.4. The number of carbonyl (C=O) groups excluding carboxylic acids is 2. The second-order valence-electron chi connectivity index (χ2n) is 7.47. The summed E-state index contributed by atoms with van der Waals surface area (Å²) in [7, 11) is 1.29. The molecule has 2 aliphatic heterocycles. The van der Waals surface area contributed by atoms with Gasteiger partial charge in [-0.2, -0.15) is 0 Å². The first-order chi connectivity index (χ1) is 15.1. The van der Waals surface area contributed by atoms with Gasteiger partial charge in [0.15, 0.2) is 5.69 Å². The van der Waals surface area contributed by atoms with Gasteiger partial charge in [-0.25, -0.2) is 14.3 Å². The molecule has 2 aliphatic rings. The predicted molar refractivity (Wildman–Crippen MR) is 110 cm³/mol. The van der Waals surface area contributed by atoms with E-state index in [0.29, 0.717) is 13.2 Å². The van der Waals surface area contributed by atoms with Gasteiger partial charge in [-0.15, -0.1) is 5.10 Å². The van der Waals surface area contributed by atoms with Crippen molar-refractivity contribution < 1.29 is 23.8 Å². The second kappa shape index (κ2) is 7.97. The maximum atomic E-state index is 12.7. The number of esters is 1. The van der Waals surface area contributed by atoms with Crippen molar-refractivity contribution in [1.82, 2.24) is 20.3 Å². The van der Waals surface area contributed by atoms with Crippen LogP contribution in [0.25, 0.3) is 10.8 Å². The first-order valence-electron chi connectivity index (χ1n) is 9.92. The van der Waals surface area contributed by atoms with Gasteiger partial charge in [-0.1, -0.05) is 41.6 Å². The van der Waals surface area contributed by atoms with E-state index in [4.69, 9.17) is 9.47 Å². The summed E-state index contributed by atoms with van der Waals surface area (Å²) >= 11 is 0. The highest BCUT2D eigenvalue weighted by Gasteiger charge is 2.49. The monoisotopic (exact) mass is 423 g/mol. The fourth-order valence-corrected chi connectivity index (χ4v) is 4.13. The summed E-state index contributed by atoms with van der Waals surface area (Å²) in [6, 6.07) is 12.7. The van der Waals surface area contributed by atoms with Crippen molar-refractivity contribution in [2.24, 2.45) is 0 Å². The Morgan fingerprint density at radius 3 is 2.77 bits per heavy atom. The molecule has 3 aromatic rings. The van der Waals surface area contributed by atoms with Crippen LogP contribution in [-0.4, -0.2) is 65.6 Å². The number of benzene rings is 2. The third-order valence-corrected chi connectivity index (χ3v) is 5.63. The average Bonchev–Trinajstić information content (AvgIpc) is 3.51. The van der Waals surface area contributed by atoms with Crippen LogP contribution in [0.1, 0.15) is 16.5 Å². The summed E-state index contributed by atoms with van der Waals surface area (Å²) in [6.07, 6.45) is 0.878. The van der Waals surface area contributed by atoms with Crippen molar-refractivity contribution in [2.45, 2.75) is 24.3 Å². The van der Waals surface area contributed by atoms with Crippen LogP contribution in [0.15, 0.2) is 48.7 Å². The van der Waals surface area contributed by atoms with Gasteiger partial charge >= 0.3 is 12.0 Å². The fourth-order valence-electron chi connectivity index (χ4n) is 4.13. The van der Waals surface area contributed by atoms with Crippen LogP contribution < -0.4 is 10.6 Å². The molecule has 10 heteroatoms. The van der Waals surface area contributed by atoms with Crippen molar-refractivity contribution in [3.8, 4) is 0 Å². The van der Waals surface area contributed by atoms with Crippen LogP contribution in [0.2, 0.25) is 0 Å². The van der Waals surface area contributed by atoms with E-state index in [9.17, 15) is 9.59 Å². The first kappa shape index (κ1) is 19.5. The highest BCUT2D eigenvalue weighted by molar-refractivity contribution is 6.01. The molecule has 10 nitrogen and oxygen atoms in total. The molecular formula is C21H21N5O5. The van der Waals surface area contributed by atoms with Crippen molar-refractivity contribution in [3.05, 3.63) is 54.4 Å². The molecular weight excluding hydrogens is 402 g/mol. The van der Waals surface area contributed by atoms with Crippen molar-refractivity contribution in [2.75, 3.05) is 25.6 Å². The summed E-state index contributed by atoms with van der Waals surface area (Å²) in [6.45, 7) is 0.649. The van der Waals surface area contributed by atoms with Gasteiger partial charge < -0.3 is 24.8 Å². The smallest absolute Gasteiger partial charge is 0.360 e. The maximum absolute atomic E-state index is 12.7. The topological polar surface area (TPSA) is 117 Å². The summed E-state index contributed by atoms with van der Waals surface area (Å²) in [5.41, 5.74) is 0.849. The lowest BCUT2D eigenvalue weighted by Gasteiger charge is -2.18. The molecule has 5 rings (SSSR count). The number of urea groups is 1. The van der Waals surface area contributed by atoms with Crippen LogP contribution in [0.3, 0.4) is 0 Å². The third kappa shape index (κ3) is 3.60. The zero-order valence-corrected chi connectivity index (χ0v) is 16.7. The molecule has 0 spiro atoms. The number of rotatable bonds is 4. The van der Waals surface area contributed by atoms with Crippen LogP contribution >= 0.6 is 0 Å². The largest absolute Gasteiger partial charge is 0.464 e. The molecule has 0 saturated carbocycles. The SMILES string of the molecule is COC(=O)c1cn([C@H]2CO[C@H]3[C@@H]2OC[C@@H]3NC(=O)Nc2cccc3ccccc23)nn1. The number of amides is 2. The zero-order valence-electron chi connectivity index (χ0n) is 16.7. The quantitative estimate of drug-likeness (QED) is 0.614. The molecule has 0 radical (unpaired) electrons. The number of anilines is 1.